The quantitative estimate of drug-likeness (QED) is 0.750. The van der Waals surface area contributed by atoms with E-state index in [9.17, 15) is 18.0 Å². The van der Waals surface area contributed by atoms with Crippen molar-refractivity contribution in [2.75, 3.05) is 0 Å². The minimum absolute atomic E-state index is 0.227. The lowest BCUT2D eigenvalue weighted by Gasteiger charge is -2.09. The van der Waals surface area contributed by atoms with Gasteiger partial charge in [-0.25, -0.2) is 13.2 Å². The molecule has 4 heteroatoms. The number of benzene rings is 2. The summed E-state index contributed by atoms with van der Waals surface area (Å²) >= 11 is 0. The molecule has 2 aromatic carbocycles. The van der Waals surface area contributed by atoms with Crippen LogP contribution in [0.25, 0.3) is 0 Å². The zero-order chi connectivity index (χ0) is 14.2. The lowest BCUT2D eigenvalue weighted by atomic mass is 9.96. The molecule has 2 rings (SSSR count). The molecule has 0 radical (unpaired) electrons. The SMILES string of the molecule is Cc1cc(C)c(C(=O)c2cccc(F)c2F)c(F)c1. The van der Waals surface area contributed by atoms with Crippen LogP contribution in [0.2, 0.25) is 0 Å². The molecule has 0 aliphatic rings. The third-order valence-corrected chi connectivity index (χ3v) is 2.86. The molecule has 0 aliphatic heterocycles. The maximum atomic E-state index is 13.8. The van der Waals surface area contributed by atoms with E-state index in [-0.39, 0.29) is 5.56 Å². The number of ketones is 1. The number of aryl methyl sites for hydroxylation is 2. The van der Waals surface area contributed by atoms with Crippen molar-refractivity contribution < 1.29 is 18.0 Å². The summed E-state index contributed by atoms with van der Waals surface area (Å²) in [5.74, 6) is -3.97. The normalized spacial score (nSPS) is 10.6. The number of carbonyl (C=O) groups excluding carboxylic acids is 1. The van der Waals surface area contributed by atoms with Crippen LogP contribution in [0, 0.1) is 31.3 Å². The number of rotatable bonds is 2. The van der Waals surface area contributed by atoms with Gasteiger partial charge < -0.3 is 0 Å². The third kappa shape index (κ3) is 2.38. The predicted octanol–water partition coefficient (Wildman–Crippen LogP) is 3.95. The fraction of sp³-hybridized carbons (Fsp3) is 0.133. The molecule has 19 heavy (non-hydrogen) atoms. The molecular formula is C15H11F3O. The van der Waals surface area contributed by atoms with E-state index >= 15 is 0 Å². The second kappa shape index (κ2) is 4.88. The van der Waals surface area contributed by atoms with Crippen molar-refractivity contribution in [1.29, 1.82) is 0 Å². The summed E-state index contributed by atoms with van der Waals surface area (Å²) in [7, 11) is 0. The minimum atomic E-state index is -1.26. The molecule has 1 nitrogen and oxygen atoms in total. The van der Waals surface area contributed by atoms with Gasteiger partial charge in [0.2, 0.25) is 0 Å². The van der Waals surface area contributed by atoms with Gasteiger partial charge in [0, 0.05) is 0 Å². The molecule has 0 fully saturated rings. The first-order chi connectivity index (χ1) is 8.91. The lowest BCUT2D eigenvalue weighted by Crippen LogP contribution is -2.10. The van der Waals surface area contributed by atoms with Crippen LogP contribution in [-0.2, 0) is 0 Å². The molecule has 0 unspecified atom stereocenters. The van der Waals surface area contributed by atoms with Crippen molar-refractivity contribution in [3.63, 3.8) is 0 Å². The maximum absolute atomic E-state index is 13.8. The summed E-state index contributed by atoms with van der Waals surface area (Å²) in [5, 5.41) is 0. The third-order valence-electron chi connectivity index (χ3n) is 2.86. The number of halogens is 3. The van der Waals surface area contributed by atoms with Crippen molar-refractivity contribution in [1.82, 2.24) is 0 Å². The van der Waals surface area contributed by atoms with Crippen LogP contribution in [0.5, 0.6) is 0 Å². The Morgan fingerprint density at radius 2 is 1.68 bits per heavy atom. The lowest BCUT2D eigenvalue weighted by molar-refractivity contribution is 0.103. The summed E-state index contributed by atoms with van der Waals surface area (Å²) in [5.41, 5.74) is 0.360. The van der Waals surface area contributed by atoms with Crippen LogP contribution in [0.15, 0.2) is 30.3 Å². The Kier molecular flexibility index (Phi) is 3.42. The molecule has 0 saturated heterocycles. The molecule has 0 aromatic heterocycles. The highest BCUT2D eigenvalue weighted by molar-refractivity contribution is 6.10. The second-order valence-corrected chi connectivity index (χ2v) is 4.37. The fourth-order valence-electron chi connectivity index (χ4n) is 2.02. The predicted molar refractivity (Wildman–Crippen MR) is 65.7 cm³/mol. The van der Waals surface area contributed by atoms with E-state index in [0.29, 0.717) is 11.1 Å². The molecule has 0 bridgehead atoms. The molecule has 0 saturated carbocycles. The topological polar surface area (TPSA) is 17.1 Å². The van der Waals surface area contributed by atoms with Crippen LogP contribution in [0.4, 0.5) is 13.2 Å². The Morgan fingerprint density at radius 3 is 2.32 bits per heavy atom. The Labute approximate surface area is 108 Å². The zero-order valence-corrected chi connectivity index (χ0v) is 10.4. The van der Waals surface area contributed by atoms with Crippen molar-refractivity contribution in [2.24, 2.45) is 0 Å². The van der Waals surface area contributed by atoms with Crippen LogP contribution >= 0.6 is 0 Å². The number of hydrogen-bond acceptors (Lipinski definition) is 1. The maximum Gasteiger partial charge on any atom is 0.199 e. The first kappa shape index (κ1) is 13.3. The van der Waals surface area contributed by atoms with E-state index in [2.05, 4.69) is 0 Å². The molecule has 0 spiro atoms. The van der Waals surface area contributed by atoms with Gasteiger partial charge >= 0.3 is 0 Å². The monoisotopic (exact) mass is 264 g/mol. The van der Waals surface area contributed by atoms with Gasteiger partial charge in [0.05, 0.1) is 11.1 Å². The average Bonchev–Trinajstić information content (AvgIpc) is 2.31. The van der Waals surface area contributed by atoms with Crippen LogP contribution in [0.3, 0.4) is 0 Å². The molecular weight excluding hydrogens is 253 g/mol. The highest BCUT2D eigenvalue weighted by Gasteiger charge is 2.21. The van der Waals surface area contributed by atoms with Crippen molar-refractivity contribution in [2.45, 2.75) is 13.8 Å². The van der Waals surface area contributed by atoms with E-state index in [1.807, 2.05) is 0 Å². The minimum Gasteiger partial charge on any atom is -0.288 e. The van der Waals surface area contributed by atoms with Crippen LogP contribution in [-0.4, -0.2) is 5.78 Å². The van der Waals surface area contributed by atoms with Gasteiger partial charge in [0.1, 0.15) is 5.82 Å². The first-order valence-corrected chi connectivity index (χ1v) is 5.67. The molecule has 0 atom stereocenters. The fourth-order valence-corrected chi connectivity index (χ4v) is 2.02. The smallest absolute Gasteiger partial charge is 0.199 e. The van der Waals surface area contributed by atoms with Gasteiger partial charge in [-0.2, -0.15) is 0 Å². The summed E-state index contributed by atoms with van der Waals surface area (Å²) < 4.78 is 40.5. The Bertz CT molecular complexity index is 639. The van der Waals surface area contributed by atoms with Crippen molar-refractivity contribution >= 4 is 5.78 Å². The van der Waals surface area contributed by atoms with Crippen molar-refractivity contribution in [3.8, 4) is 0 Å². The van der Waals surface area contributed by atoms with E-state index in [4.69, 9.17) is 0 Å². The van der Waals surface area contributed by atoms with Gasteiger partial charge in [-0.3, -0.25) is 4.79 Å². The van der Waals surface area contributed by atoms with Crippen LogP contribution in [0.1, 0.15) is 27.0 Å². The Balaban J connectivity index is 2.60. The molecule has 0 N–H and O–H groups in total. The standard InChI is InChI=1S/C15H11F3O/c1-8-6-9(2)13(12(17)7-8)15(19)10-4-3-5-11(16)14(10)18/h3-7H,1-2H3. The van der Waals surface area contributed by atoms with E-state index in [1.54, 1.807) is 19.9 Å². The molecule has 2 aromatic rings. The summed E-state index contributed by atoms with van der Waals surface area (Å²) in [6.45, 7) is 3.24. The summed E-state index contributed by atoms with van der Waals surface area (Å²) in [6.07, 6.45) is 0. The molecule has 0 amide bonds. The Morgan fingerprint density at radius 1 is 1.00 bits per heavy atom. The molecule has 98 valence electrons. The van der Waals surface area contributed by atoms with Gasteiger partial charge in [-0.15, -0.1) is 0 Å². The highest BCUT2D eigenvalue weighted by Crippen LogP contribution is 2.22. The number of carbonyl (C=O) groups is 1. The largest absolute Gasteiger partial charge is 0.288 e. The molecule has 0 heterocycles. The van der Waals surface area contributed by atoms with Gasteiger partial charge in [0.15, 0.2) is 17.4 Å². The summed E-state index contributed by atoms with van der Waals surface area (Å²) in [6, 6.07) is 6.07. The number of hydrogen-bond donors (Lipinski definition) is 0. The summed E-state index contributed by atoms with van der Waals surface area (Å²) in [4.78, 5) is 12.1. The van der Waals surface area contributed by atoms with Gasteiger partial charge in [0.25, 0.3) is 0 Å². The van der Waals surface area contributed by atoms with Crippen LogP contribution < -0.4 is 0 Å². The second-order valence-electron chi connectivity index (χ2n) is 4.37. The first-order valence-electron chi connectivity index (χ1n) is 5.67. The van der Waals surface area contributed by atoms with E-state index in [0.717, 1.165) is 12.1 Å². The van der Waals surface area contributed by atoms with E-state index < -0.39 is 28.8 Å². The Hall–Kier alpha value is -2.10. The van der Waals surface area contributed by atoms with Gasteiger partial charge in [-0.05, 0) is 43.2 Å². The molecule has 0 aliphatic carbocycles. The van der Waals surface area contributed by atoms with Crippen molar-refractivity contribution in [3.05, 3.63) is 70.0 Å². The average molecular weight is 264 g/mol. The highest BCUT2D eigenvalue weighted by atomic mass is 19.2. The zero-order valence-electron chi connectivity index (χ0n) is 10.4. The van der Waals surface area contributed by atoms with E-state index in [1.165, 1.54) is 12.1 Å². The van der Waals surface area contributed by atoms with Gasteiger partial charge in [-0.1, -0.05) is 12.1 Å².